The molecule has 1 aliphatic rings. The molecule has 1 aliphatic heterocycles. The van der Waals surface area contributed by atoms with E-state index in [1.807, 2.05) is 26.0 Å². The number of carboxylic acid groups (broad SMARTS) is 1. The Morgan fingerprint density at radius 3 is 2.58 bits per heavy atom. The Hall–Kier alpha value is -3.42. The third-order valence-corrected chi connectivity index (χ3v) is 7.84. The topological polar surface area (TPSA) is 126 Å². The van der Waals surface area contributed by atoms with Gasteiger partial charge in [-0.1, -0.05) is 25.1 Å². The van der Waals surface area contributed by atoms with Crippen LogP contribution in [0.4, 0.5) is 0 Å². The van der Waals surface area contributed by atoms with Crippen LogP contribution in [0.2, 0.25) is 0 Å². The van der Waals surface area contributed by atoms with E-state index < -0.39 is 28.1 Å². The highest BCUT2D eigenvalue weighted by Crippen LogP contribution is 2.38. The molecule has 0 spiro atoms. The number of hydrogen-bond donors (Lipinski definition) is 1. The zero-order chi connectivity index (χ0) is 23.8. The molecule has 2 aromatic carbocycles. The number of benzene rings is 2. The quantitative estimate of drug-likeness (QED) is 0.565. The predicted molar refractivity (Wildman–Crippen MR) is 120 cm³/mol. The molecule has 0 radical (unpaired) electrons. The fraction of sp³-hybridized carbons (Fsp3) is 0.348. The van der Waals surface area contributed by atoms with Gasteiger partial charge in [0.2, 0.25) is 10.0 Å². The molecule has 3 atom stereocenters. The number of carboxylic acids is 1. The molecular formula is C23H24N4O5S. The third-order valence-electron chi connectivity index (χ3n) is 5.98. The number of nitrogens with zero attached hydrogens (tertiary/aromatic N) is 4. The van der Waals surface area contributed by atoms with E-state index in [1.54, 1.807) is 28.9 Å². The lowest BCUT2D eigenvalue weighted by Gasteiger charge is -2.20. The Kier molecular flexibility index (Phi) is 6.10. The van der Waals surface area contributed by atoms with Gasteiger partial charge in [0.1, 0.15) is 11.8 Å². The van der Waals surface area contributed by atoms with Gasteiger partial charge in [-0.3, -0.25) is 9.48 Å². The van der Waals surface area contributed by atoms with Crippen molar-refractivity contribution in [2.24, 2.45) is 5.92 Å². The van der Waals surface area contributed by atoms with Crippen molar-refractivity contribution in [1.82, 2.24) is 14.1 Å². The molecule has 0 bridgehead atoms. The van der Waals surface area contributed by atoms with Crippen molar-refractivity contribution in [3.8, 4) is 11.8 Å². The minimum atomic E-state index is -3.95. The number of rotatable bonds is 7. The van der Waals surface area contributed by atoms with E-state index in [-0.39, 0.29) is 23.8 Å². The van der Waals surface area contributed by atoms with Crippen LogP contribution >= 0.6 is 0 Å². The average molecular weight is 469 g/mol. The van der Waals surface area contributed by atoms with Crippen LogP contribution in [0, 0.1) is 17.2 Å². The minimum Gasteiger partial charge on any atom is -0.494 e. The van der Waals surface area contributed by atoms with Crippen LogP contribution < -0.4 is 4.74 Å². The van der Waals surface area contributed by atoms with Crippen molar-refractivity contribution in [3.63, 3.8) is 0 Å². The largest absolute Gasteiger partial charge is 0.494 e. The van der Waals surface area contributed by atoms with Gasteiger partial charge in [0.25, 0.3) is 0 Å². The first kappa shape index (κ1) is 22.8. The number of para-hydroxylation sites is 1. The van der Waals surface area contributed by atoms with Crippen molar-refractivity contribution in [2.45, 2.75) is 37.2 Å². The first-order chi connectivity index (χ1) is 15.8. The van der Waals surface area contributed by atoms with Gasteiger partial charge in [-0.25, -0.2) is 8.42 Å². The Morgan fingerprint density at radius 2 is 1.94 bits per heavy atom. The highest BCUT2D eigenvalue weighted by atomic mass is 32.2. The lowest BCUT2D eigenvalue weighted by Crippen LogP contribution is -2.36. The van der Waals surface area contributed by atoms with Gasteiger partial charge in [0.05, 0.1) is 41.2 Å². The monoisotopic (exact) mass is 468 g/mol. The molecule has 172 valence electrons. The van der Waals surface area contributed by atoms with E-state index in [4.69, 9.17) is 4.74 Å². The summed E-state index contributed by atoms with van der Waals surface area (Å²) in [6.45, 7) is 4.18. The Balaban J connectivity index is 1.73. The number of carbonyl (C=O) groups is 1. The number of sulfonamides is 1. The normalized spacial score (nSPS) is 21.2. The molecule has 1 N–H and O–H groups in total. The third kappa shape index (κ3) is 4.05. The maximum Gasteiger partial charge on any atom is 0.309 e. The molecule has 4 rings (SSSR count). The summed E-state index contributed by atoms with van der Waals surface area (Å²) in [5.41, 5.74) is 1.12. The number of aromatic nitrogens is 2. The molecule has 33 heavy (non-hydrogen) atoms. The number of ether oxygens (including phenoxy) is 1. The van der Waals surface area contributed by atoms with Gasteiger partial charge in [-0.05, 0) is 37.3 Å². The van der Waals surface area contributed by atoms with Gasteiger partial charge in [-0.2, -0.15) is 14.7 Å². The smallest absolute Gasteiger partial charge is 0.309 e. The highest BCUT2D eigenvalue weighted by molar-refractivity contribution is 7.89. The minimum absolute atomic E-state index is 0.0487. The van der Waals surface area contributed by atoms with E-state index in [2.05, 4.69) is 11.2 Å². The molecule has 2 heterocycles. The zero-order valence-electron chi connectivity index (χ0n) is 18.2. The maximum absolute atomic E-state index is 13.4. The lowest BCUT2D eigenvalue weighted by atomic mass is 10.00. The second kappa shape index (κ2) is 8.84. The molecule has 0 saturated carbocycles. The lowest BCUT2D eigenvalue weighted by molar-refractivity contribution is -0.136. The average Bonchev–Trinajstić information content (AvgIpc) is 3.31. The molecule has 3 aromatic rings. The van der Waals surface area contributed by atoms with Crippen LogP contribution in [0.25, 0.3) is 10.9 Å². The standard InChI is InChI=1S/C23H24N4O5S/c1-3-32-16-8-10-17(11-9-16)33(30,31)26-14-22(15(2)21(26)13-24)27-20-7-5-4-6-18(20)19(25-27)12-23(28)29/h4-11,15,21-22H,3,12,14H2,1-2H3,(H,28,29)/t15-,21-,22-/m1/s1. The van der Waals surface area contributed by atoms with Crippen molar-refractivity contribution < 1.29 is 23.1 Å². The van der Waals surface area contributed by atoms with Gasteiger partial charge >= 0.3 is 5.97 Å². The molecule has 0 unspecified atom stereocenters. The molecule has 0 amide bonds. The van der Waals surface area contributed by atoms with Gasteiger partial charge in [-0.15, -0.1) is 0 Å². The molecule has 10 heteroatoms. The van der Waals surface area contributed by atoms with Gasteiger partial charge < -0.3 is 9.84 Å². The van der Waals surface area contributed by atoms with Crippen molar-refractivity contribution in [3.05, 3.63) is 54.2 Å². The zero-order valence-corrected chi connectivity index (χ0v) is 19.1. The van der Waals surface area contributed by atoms with Crippen LogP contribution in [0.1, 0.15) is 25.6 Å². The molecular weight excluding hydrogens is 444 g/mol. The van der Waals surface area contributed by atoms with Crippen LogP contribution in [0.15, 0.2) is 53.4 Å². The molecule has 1 aromatic heterocycles. The van der Waals surface area contributed by atoms with Crippen LogP contribution in [0.3, 0.4) is 0 Å². The van der Waals surface area contributed by atoms with E-state index in [0.29, 0.717) is 29.0 Å². The summed E-state index contributed by atoms with van der Waals surface area (Å²) in [6, 6.07) is 14.2. The number of aliphatic carboxylic acids is 1. The number of nitriles is 1. The van der Waals surface area contributed by atoms with E-state index in [0.717, 1.165) is 0 Å². The summed E-state index contributed by atoms with van der Waals surface area (Å²) in [4.78, 5) is 11.4. The molecule has 0 aliphatic carbocycles. The fourth-order valence-corrected chi connectivity index (χ4v) is 6.00. The SMILES string of the molecule is CCOc1ccc(S(=O)(=O)N2C[C@@H](n3nc(CC(=O)O)c4ccccc43)[C@H](C)[C@H]2C#N)cc1. The summed E-state index contributed by atoms with van der Waals surface area (Å²) >= 11 is 0. The van der Waals surface area contributed by atoms with E-state index in [9.17, 15) is 23.6 Å². The Morgan fingerprint density at radius 1 is 1.24 bits per heavy atom. The summed E-state index contributed by atoms with van der Waals surface area (Å²) in [7, 11) is -3.95. The Bertz CT molecular complexity index is 1330. The highest BCUT2D eigenvalue weighted by Gasteiger charge is 2.47. The van der Waals surface area contributed by atoms with Crippen molar-refractivity contribution in [2.75, 3.05) is 13.2 Å². The fourth-order valence-electron chi connectivity index (χ4n) is 4.36. The second-order valence-electron chi connectivity index (χ2n) is 7.96. The molecule has 1 fully saturated rings. The van der Waals surface area contributed by atoms with Crippen LogP contribution in [-0.4, -0.2) is 52.8 Å². The predicted octanol–water partition coefficient (Wildman–Crippen LogP) is 2.84. The van der Waals surface area contributed by atoms with Crippen molar-refractivity contribution >= 4 is 26.9 Å². The molecule has 9 nitrogen and oxygen atoms in total. The first-order valence-corrected chi connectivity index (χ1v) is 12.0. The number of fused-ring (bicyclic) bond motifs is 1. The second-order valence-corrected chi connectivity index (χ2v) is 9.85. The van der Waals surface area contributed by atoms with E-state index in [1.165, 1.54) is 16.4 Å². The number of hydrogen-bond acceptors (Lipinski definition) is 6. The summed E-state index contributed by atoms with van der Waals surface area (Å²) < 4.78 is 35.2. The first-order valence-electron chi connectivity index (χ1n) is 10.6. The van der Waals surface area contributed by atoms with Gasteiger partial charge in [0.15, 0.2) is 0 Å². The molecule has 1 saturated heterocycles. The van der Waals surface area contributed by atoms with Gasteiger partial charge in [0, 0.05) is 17.8 Å². The summed E-state index contributed by atoms with van der Waals surface area (Å²) in [5.74, 6) is -0.803. The maximum atomic E-state index is 13.4. The van der Waals surface area contributed by atoms with Crippen LogP contribution in [-0.2, 0) is 21.2 Å². The van der Waals surface area contributed by atoms with Crippen molar-refractivity contribution in [1.29, 1.82) is 5.26 Å². The Labute approximate surface area is 191 Å². The summed E-state index contributed by atoms with van der Waals surface area (Å²) in [5, 5.41) is 24.4. The summed E-state index contributed by atoms with van der Waals surface area (Å²) in [6.07, 6.45) is -0.246. The van der Waals surface area contributed by atoms with Crippen LogP contribution in [0.5, 0.6) is 5.75 Å². The van der Waals surface area contributed by atoms with E-state index >= 15 is 0 Å².